The molecule has 1 aliphatic rings. The summed E-state index contributed by atoms with van der Waals surface area (Å²) in [6.07, 6.45) is 1.46. The van der Waals surface area contributed by atoms with Gasteiger partial charge in [0, 0.05) is 18.0 Å². The Bertz CT molecular complexity index is 723. The second kappa shape index (κ2) is 6.76. The van der Waals surface area contributed by atoms with Gasteiger partial charge in [0.25, 0.3) is 0 Å². The smallest absolute Gasteiger partial charge is 0.315 e. The summed E-state index contributed by atoms with van der Waals surface area (Å²) in [5.41, 5.74) is 0.811. The van der Waals surface area contributed by atoms with Crippen LogP contribution in [0.1, 0.15) is 31.7 Å². The first kappa shape index (κ1) is 16.7. The van der Waals surface area contributed by atoms with Gasteiger partial charge in [-0.1, -0.05) is 12.1 Å². The van der Waals surface area contributed by atoms with Gasteiger partial charge < -0.3 is 16.0 Å². The number of nitrogens with one attached hydrogen (secondary N) is 3. The van der Waals surface area contributed by atoms with Crippen molar-refractivity contribution in [3.05, 3.63) is 29.3 Å². The van der Waals surface area contributed by atoms with Gasteiger partial charge >= 0.3 is 6.03 Å². The molecule has 0 bridgehead atoms. The van der Waals surface area contributed by atoms with Crippen molar-refractivity contribution in [3.8, 4) is 0 Å². The third kappa shape index (κ3) is 4.03. The van der Waals surface area contributed by atoms with Crippen LogP contribution in [0, 0.1) is 5.92 Å². The van der Waals surface area contributed by atoms with E-state index in [-0.39, 0.29) is 23.4 Å². The van der Waals surface area contributed by atoms with Crippen LogP contribution < -0.4 is 16.0 Å². The van der Waals surface area contributed by atoms with E-state index in [2.05, 4.69) is 20.9 Å². The van der Waals surface area contributed by atoms with Gasteiger partial charge in [0.05, 0.1) is 16.8 Å². The summed E-state index contributed by atoms with van der Waals surface area (Å²) < 4.78 is 1.12. The summed E-state index contributed by atoms with van der Waals surface area (Å²) in [5, 5.41) is 9.46. The van der Waals surface area contributed by atoms with Gasteiger partial charge in [0.1, 0.15) is 5.01 Å². The molecule has 1 fully saturated rings. The van der Waals surface area contributed by atoms with E-state index in [1.54, 1.807) is 11.3 Å². The van der Waals surface area contributed by atoms with Gasteiger partial charge in [-0.2, -0.15) is 0 Å². The minimum absolute atomic E-state index is 0.0236. The van der Waals surface area contributed by atoms with E-state index in [1.165, 1.54) is 0 Å². The normalized spacial score (nSPS) is 19.2. The monoisotopic (exact) mass is 346 g/mol. The average Bonchev–Trinajstić information content (AvgIpc) is 3.05. The van der Waals surface area contributed by atoms with Crippen molar-refractivity contribution >= 4 is 33.5 Å². The number of fused-ring (bicyclic) bond motifs is 1. The molecule has 0 saturated carbocycles. The molecule has 2 aromatic rings. The van der Waals surface area contributed by atoms with Crippen LogP contribution in [-0.2, 0) is 11.3 Å². The summed E-state index contributed by atoms with van der Waals surface area (Å²) in [7, 11) is 0. The number of aromatic nitrogens is 1. The first-order valence-electron chi connectivity index (χ1n) is 8.11. The minimum Gasteiger partial charge on any atom is -0.351 e. The van der Waals surface area contributed by atoms with E-state index in [9.17, 15) is 9.59 Å². The second-order valence-corrected chi connectivity index (χ2v) is 7.86. The van der Waals surface area contributed by atoms with Crippen molar-refractivity contribution in [3.63, 3.8) is 0 Å². The number of benzene rings is 1. The Morgan fingerprint density at radius 2 is 2.17 bits per heavy atom. The van der Waals surface area contributed by atoms with E-state index in [4.69, 9.17) is 0 Å². The van der Waals surface area contributed by atoms with E-state index in [0.29, 0.717) is 19.5 Å². The minimum atomic E-state index is -0.230. The molecule has 1 unspecified atom stereocenters. The van der Waals surface area contributed by atoms with Gasteiger partial charge in [0.15, 0.2) is 0 Å². The summed E-state index contributed by atoms with van der Waals surface area (Å²) in [6, 6.07) is 7.68. The van der Waals surface area contributed by atoms with Crippen LogP contribution in [0.2, 0.25) is 0 Å². The van der Waals surface area contributed by atoms with E-state index >= 15 is 0 Å². The molecule has 1 aromatic heterocycles. The maximum Gasteiger partial charge on any atom is 0.315 e. The van der Waals surface area contributed by atoms with Crippen LogP contribution in [0.15, 0.2) is 24.3 Å². The number of amides is 3. The highest BCUT2D eigenvalue weighted by Gasteiger charge is 2.36. The van der Waals surface area contributed by atoms with Crippen molar-refractivity contribution in [1.29, 1.82) is 0 Å². The molecule has 3 N–H and O–H groups in total. The molecule has 1 saturated heterocycles. The zero-order valence-electron chi connectivity index (χ0n) is 13.9. The van der Waals surface area contributed by atoms with Crippen LogP contribution in [0.25, 0.3) is 10.2 Å². The number of hydrogen-bond acceptors (Lipinski definition) is 4. The summed E-state index contributed by atoms with van der Waals surface area (Å²) >= 11 is 1.58. The van der Waals surface area contributed by atoms with E-state index in [1.807, 2.05) is 38.1 Å². The first-order valence-corrected chi connectivity index (χ1v) is 8.93. The van der Waals surface area contributed by atoms with Crippen LogP contribution in [0.5, 0.6) is 0 Å². The third-order valence-electron chi connectivity index (χ3n) is 4.11. The van der Waals surface area contributed by atoms with Crippen molar-refractivity contribution in [2.75, 3.05) is 6.54 Å². The summed E-state index contributed by atoms with van der Waals surface area (Å²) in [6.45, 7) is 4.92. The number of nitrogens with zero attached hydrogens (tertiary/aromatic N) is 1. The zero-order chi connectivity index (χ0) is 17.2. The fourth-order valence-corrected chi connectivity index (χ4v) is 3.91. The maximum atomic E-state index is 11.9. The lowest BCUT2D eigenvalue weighted by Crippen LogP contribution is -2.36. The second-order valence-electron chi connectivity index (χ2n) is 6.75. The molecular weight excluding hydrogens is 324 g/mol. The molecule has 3 rings (SSSR count). The standard InChI is InChI=1S/C17H22N4O2S/c1-17(2)9-11(15(22)21-17)7-8-18-16(23)19-10-14-20-12-5-3-4-6-13(12)24-14/h3-6,11H,7-10H2,1-2H3,(H,21,22)(H2,18,19,23). The highest BCUT2D eigenvalue weighted by atomic mass is 32.1. The number of urea groups is 1. The lowest BCUT2D eigenvalue weighted by atomic mass is 9.94. The van der Waals surface area contributed by atoms with Crippen molar-refractivity contribution in [1.82, 2.24) is 20.9 Å². The Morgan fingerprint density at radius 3 is 2.88 bits per heavy atom. The fourth-order valence-electron chi connectivity index (χ4n) is 3.00. The maximum absolute atomic E-state index is 11.9. The van der Waals surface area contributed by atoms with Gasteiger partial charge in [-0.05, 0) is 38.8 Å². The number of hydrogen-bond donors (Lipinski definition) is 3. The number of para-hydroxylation sites is 1. The Balaban J connectivity index is 1.41. The predicted molar refractivity (Wildman–Crippen MR) is 94.8 cm³/mol. The Morgan fingerprint density at radius 1 is 1.38 bits per heavy atom. The predicted octanol–water partition coefficient (Wildman–Crippen LogP) is 2.40. The Hall–Kier alpha value is -2.15. The van der Waals surface area contributed by atoms with Gasteiger partial charge in [-0.15, -0.1) is 11.3 Å². The fraction of sp³-hybridized carbons (Fsp3) is 0.471. The number of thiazole rings is 1. The molecule has 3 amide bonds. The van der Waals surface area contributed by atoms with Crippen LogP contribution in [-0.4, -0.2) is 29.0 Å². The number of carbonyl (C=O) groups is 2. The molecule has 2 heterocycles. The molecular formula is C17H22N4O2S. The van der Waals surface area contributed by atoms with Crippen molar-refractivity contribution in [2.24, 2.45) is 5.92 Å². The SMILES string of the molecule is CC1(C)CC(CCNC(=O)NCc2nc3ccccc3s2)C(=O)N1. The highest BCUT2D eigenvalue weighted by Crippen LogP contribution is 2.26. The average molecular weight is 346 g/mol. The lowest BCUT2D eigenvalue weighted by Gasteiger charge is -2.16. The number of carbonyl (C=O) groups excluding carboxylic acids is 2. The zero-order valence-corrected chi connectivity index (χ0v) is 14.7. The van der Waals surface area contributed by atoms with Crippen LogP contribution >= 0.6 is 11.3 Å². The van der Waals surface area contributed by atoms with Crippen molar-refractivity contribution in [2.45, 2.75) is 38.8 Å². The molecule has 24 heavy (non-hydrogen) atoms. The highest BCUT2D eigenvalue weighted by molar-refractivity contribution is 7.18. The van der Waals surface area contributed by atoms with Crippen LogP contribution in [0.3, 0.4) is 0 Å². The molecule has 0 aliphatic carbocycles. The van der Waals surface area contributed by atoms with E-state index in [0.717, 1.165) is 21.6 Å². The van der Waals surface area contributed by atoms with Crippen LogP contribution in [0.4, 0.5) is 4.79 Å². The third-order valence-corrected chi connectivity index (χ3v) is 5.14. The molecule has 1 atom stereocenters. The van der Waals surface area contributed by atoms with Gasteiger partial charge in [-0.25, -0.2) is 9.78 Å². The molecule has 0 spiro atoms. The molecule has 1 aliphatic heterocycles. The molecule has 6 nitrogen and oxygen atoms in total. The van der Waals surface area contributed by atoms with E-state index < -0.39 is 0 Å². The van der Waals surface area contributed by atoms with Gasteiger partial charge in [-0.3, -0.25) is 4.79 Å². The van der Waals surface area contributed by atoms with Crippen molar-refractivity contribution < 1.29 is 9.59 Å². The topological polar surface area (TPSA) is 83.1 Å². The Labute approximate surface area is 145 Å². The molecule has 1 aromatic carbocycles. The number of rotatable bonds is 5. The summed E-state index contributed by atoms with van der Waals surface area (Å²) in [4.78, 5) is 28.2. The molecule has 0 radical (unpaired) electrons. The molecule has 7 heteroatoms. The lowest BCUT2D eigenvalue weighted by molar-refractivity contribution is -0.122. The molecule has 128 valence electrons. The quantitative estimate of drug-likeness (QED) is 0.777. The van der Waals surface area contributed by atoms with Gasteiger partial charge in [0.2, 0.25) is 5.91 Å². The first-order chi connectivity index (χ1) is 11.4. The summed E-state index contributed by atoms with van der Waals surface area (Å²) in [5.74, 6) is 0.0567. The largest absolute Gasteiger partial charge is 0.351 e. The Kier molecular flexibility index (Phi) is 4.71.